The van der Waals surface area contributed by atoms with Crippen LogP contribution in [0, 0.1) is 13.8 Å². The van der Waals surface area contributed by atoms with E-state index >= 15 is 0 Å². The summed E-state index contributed by atoms with van der Waals surface area (Å²) in [6.07, 6.45) is 27.0. The molecule has 0 saturated carbocycles. The lowest BCUT2D eigenvalue weighted by molar-refractivity contribution is -0.437. The van der Waals surface area contributed by atoms with Crippen LogP contribution in [0.3, 0.4) is 0 Å². The first-order chi connectivity index (χ1) is 37.1. The number of rotatable bonds is 28. The van der Waals surface area contributed by atoms with Gasteiger partial charge in [-0.1, -0.05) is 93.8 Å². The number of nitrogens with one attached hydrogen (secondary N) is 2. The van der Waals surface area contributed by atoms with Crippen molar-refractivity contribution in [2.45, 2.75) is 142 Å². The third-order valence-electron chi connectivity index (χ3n) is 15.2. The summed E-state index contributed by atoms with van der Waals surface area (Å²) in [7, 11) is -6.40. The van der Waals surface area contributed by atoms with Gasteiger partial charge >= 0.3 is 0 Å². The van der Waals surface area contributed by atoms with Gasteiger partial charge in [0.15, 0.2) is 5.71 Å². The number of allylic oxidation sites excluding steroid dienone is 8. The zero-order valence-corrected chi connectivity index (χ0v) is 48.1. The molecule has 0 bridgehead atoms. The van der Waals surface area contributed by atoms with Crippen LogP contribution in [0.5, 0.6) is 0 Å². The molecule has 2 aromatic heterocycles. The second-order valence-corrected chi connectivity index (χ2v) is 25.2. The minimum absolute atomic E-state index is 0.0173. The van der Waals surface area contributed by atoms with E-state index in [4.69, 9.17) is 11.9 Å². The number of para-hydroxylation sites is 1. The molecule has 418 valence electrons. The SMILES string of the molecule is [CH]C(CCCCCCc1nc2c(cc1CNC(=O)CCCN(C)Cc1ccc3c(c1)C(C)(C)\C(=C/C=C/C=C/C=C/C1=[N+](CCCS(=O)(=O)O)c4ccccc4C1(C)C)N3CCCS(=O)(=O)[O-])CCCN2)c1cnc(C)nc1. The van der Waals surface area contributed by atoms with Crippen LogP contribution in [0.25, 0.3) is 0 Å². The number of nitrogens with zero attached hydrogens (tertiary/aromatic N) is 6. The van der Waals surface area contributed by atoms with E-state index in [1.807, 2.05) is 80.0 Å². The molecule has 3 N–H and O–H groups in total. The zero-order valence-electron chi connectivity index (χ0n) is 46.5. The summed E-state index contributed by atoms with van der Waals surface area (Å²) in [6, 6.07) is 16.7. The molecule has 4 aromatic rings. The summed E-state index contributed by atoms with van der Waals surface area (Å²) < 4.78 is 69.5. The highest BCUT2D eigenvalue weighted by atomic mass is 32.2. The zero-order chi connectivity index (χ0) is 56.1. The summed E-state index contributed by atoms with van der Waals surface area (Å²) in [6.45, 7) is 20.4. The maximum Gasteiger partial charge on any atom is 0.265 e. The summed E-state index contributed by atoms with van der Waals surface area (Å²) in [4.78, 5) is 31.3. The number of amides is 1. The number of unbranched alkanes of at least 4 members (excludes halogenated alkanes) is 3. The molecule has 0 spiro atoms. The minimum Gasteiger partial charge on any atom is -0.748 e. The number of benzene rings is 2. The molecule has 2 aromatic carbocycles. The number of fused-ring (bicyclic) bond motifs is 3. The van der Waals surface area contributed by atoms with Gasteiger partial charge in [-0.15, -0.1) is 0 Å². The van der Waals surface area contributed by atoms with Gasteiger partial charge in [0.1, 0.15) is 18.2 Å². The first kappa shape index (κ1) is 59.8. The van der Waals surface area contributed by atoms with E-state index in [0.29, 0.717) is 39.0 Å². The summed E-state index contributed by atoms with van der Waals surface area (Å²) >= 11 is 0. The van der Waals surface area contributed by atoms with Gasteiger partial charge in [-0.2, -0.15) is 13.0 Å². The summed E-state index contributed by atoms with van der Waals surface area (Å²) in [5, 5.41) is 6.67. The van der Waals surface area contributed by atoms with Crippen LogP contribution in [0.4, 0.5) is 17.2 Å². The normalized spacial score (nSPS) is 16.9. The molecular formula is C61H80N8O7S2. The largest absolute Gasteiger partial charge is 0.748 e. The van der Waals surface area contributed by atoms with Crippen molar-refractivity contribution in [1.29, 1.82) is 0 Å². The lowest BCUT2D eigenvalue weighted by atomic mass is 9.81. The van der Waals surface area contributed by atoms with Crippen LogP contribution >= 0.6 is 0 Å². The van der Waals surface area contributed by atoms with Gasteiger partial charge in [-0.05, 0) is 138 Å². The first-order valence-electron chi connectivity index (χ1n) is 27.6. The minimum atomic E-state index is -4.39. The highest BCUT2D eigenvalue weighted by Crippen LogP contribution is 2.48. The molecular weight excluding hydrogens is 1020 g/mol. The monoisotopic (exact) mass is 1100 g/mol. The quantitative estimate of drug-likeness (QED) is 0.0210. The Labute approximate surface area is 464 Å². The Morgan fingerprint density at radius 2 is 1.67 bits per heavy atom. The van der Waals surface area contributed by atoms with E-state index in [1.165, 1.54) is 5.56 Å². The van der Waals surface area contributed by atoms with Crippen LogP contribution < -0.4 is 15.5 Å². The van der Waals surface area contributed by atoms with Crippen molar-refractivity contribution in [2.24, 2.45) is 0 Å². The molecule has 5 heterocycles. The van der Waals surface area contributed by atoms with Gasteiger partial charge < -0.3 is 25.0 Å². The van der Waals surface area contributed by atoms with Crippen molar-refractivity contribution >= 4 is 49.0 Å². The highest BCUT2D eigenvalue weighted by molar-refractivity contribution is 7.85. The Balaban J connectivity index is 0.926. The number of anilines is 2. The summed E-state index contributed by atoms with van der Waals surface area (Å²) in [5.74, 6) is 0.903. The van der Waals surface area contributed by atoms with Gasteiger partial charge in [-0.3, -0.25) is 9.35 Å². The van der Waals surface area contributed by atoms with Crippen LogP contribution in [0.15, 0.2) is 109 Å². The molecule has 0 aliphatic carbocycles. The number of hydrogen-bond donors (Lipinski definition) is 3. The second kappa shape index (κ2) is 26.9. The topological polar surface area (TPSA) is 201 Å². The van der Waals surface area contributed by atoms with Gasteiger partial charge in [-0.25, -0.2) is 23.4 Å². The maximum absolute atomic E-state index is 13.3. The second-order valence-electron chi connectivity index (χ2n) is 22.1. The van der Waals surface area contributed by atoms with Crippen LogP contribution in [0.1, 0.15) is 143 Å². The Bertz CT molecular complexity index is 3130. The molecule has 78 heavy (non-hydrogen) atoms. The lowest BCUT2D eigenvalue weighted by Gasteiger charge is -2.27. The predicted octanol–water partition coefficient (Wildman–Crippen LogP) is 9.99. The first-order valence-corrected chi connectivity index (χ1v) is 30.8. The molecule has 17 heteroatoms. The van der Waals surface area contributed by atoms with Crippen molar-refractivity contribution < 1.29 is 35.3 Å². The number of pyridine rings is 1. The van der Waals surface area contributed by atoms with E-state index in [1.54, 1.807) is 0 Å². The molecule has 1 amide bonds. The molecule has 1 unspecified atom stereocenters. The average Bonchev–Trinajstić information content (AvgIpc) is 3.88. The van der Waals surface area contributed by atoms with E-state index in [9.17, 15) is 30.7 Å². The predicted molar refractivity (Wildman–Crippen MR) is 311 cm³/mol. The molecule has 1 atom stereocenters. The van der Waals surface area contributed by atoms with Gasteiger partial charge in [0.05, 0.1) is 21.3 Å². The number of carbonyl (C=O) groups excluding carboxylic acids is 1. The van der Waals surface area contributed by atoms with Crippen LogP contribution in [-0.2, 0) is 61.8 Å². The Hall–Kier alpha value is -5.85. The standard InChI is InChI=1S/C61H80N8O7S2/c1-45(50-42-63-46(2)64-43-50)23-13-11-12-14-26-53-49(40-48-24-19-33-62-59(48)66-53)41-65-58(70)30-20-34-67(7)44-47-31-32-55-52(39-47)61(5,6)57(69(55)36-22-38-78(74,75)76)29-16-10-8-9-15-28-56-60(3,4)51-25-17-18-27-54(51)68(56)35-21-37-77(71,72)73/h1,8-10,15-18,25,27-29,31-32,39-40,42-43,45H,11-14,19-24,26,30,33-38,41,44H2,2-7H3,(H3-,62,65,66,70,71,72,73,74,75,76). The molecule has 7 rings (SSSR count). The number of hydrogen-bond acceptors (Lipinski definition) is 12. The van der Waals surface area contributed by atoms with Crippen molar-refractivity contribution in [1.82, 2.24) is 25.2 Å². The third-order valence-corrected chi connectivity index (χ3v) is 16.8. The Morgan fingerprint density at radius 1 is 0.923 bits per heavy atom. The van der Waals surface area contributed by atoms with Crippen molar-refractivity contribution in [3.05, 3.63) is 161 Å². The Morgan fingerprint density at radius 3 is 2.44 bits per heavy atom. The van der Waals surface area contributed by atoms with Gasteiger partial charge in [0.25, 0.3) is 10.1 Å². The van der Waals surface area contributed by atoms with E-state index in [2.05, 4.69) is 100 Å². The van der Waals surface area contributed by atoms with Crippen LogP contribution in [-0.4, -0.2) is 107 Å². The van der Waals surface area contributed by atoms with Crippen molar-refractivity contribution in [3.8, 4) is 0 Å². The summed E-state index contributed by atoms with van der Waals surface area (Å²) in [5.41, 5.74) is 10.9. The number of carbonyl (C=O) groups is 1. The van der Waals surface area contributed by atoms with Gasteiger partial charge in [0.2, 0.25) is 11.6 Å². The fraction of sp³-hybridized carbons (Fsp3) is 0.475. The molecule has 2 radical (unpaired) electrons. The fourth-order valence-corrected chi connectivity index (χ4v) is 12.0. The molecule has 3 aliphatic heterocycles. The highest BCUT2D eigenvalue weighted by Gasteiger charge is 2.44. The smallest absolute Gasteiger partial charge is 0.265 e. The van der Waals surface area contributed by atoms with Crippen molar-refractivity contribution in [2.75, 3.05) is 54.9 Å². The molecule has 15 nitrogen and oxygen atoms in total. The molecule has 3 aliphatic rings. The Kier molecular flexibility index (Phi) is 20.6. The van der Waals surface area contributed by atoms with E-state index < -0.39 is 31.4 Å². The number of aromatic nitrogens is 3. The maximum atomic E-state index is 13.3. The van der Waals surface area contributed by atoms with E-state index in [0.717, 1.165) is 132 Å². The average molecular weight is 1100 g/mol. The van der Waals surface area contributed by atoms with Crippen molar-refractivity contribution in [3.63, 3.8) is 0 Å². The lowest BCUT2D eigenvalue weighted by Crippen LogP contribution is -2.28. The van der Waals surface area contributed by atoms with E-state index in [-0.39, 0.29) is 35.8 Å². The van der Waals surface area contributed by atoms with Crippen LogP contribution in [0.2, 0.25) is 0 Å². The number of aryl methyl sites for hydroxylation is 3. The fourth-order valence-electron chi connectivity index (χ4n) is 11.0. The van der Waals surface area contributed by atoms with Gasteiger partial charge in [0, 0.05) is 97.4 Å². The molecule has 0 fully saturated rings. The third kappa shape index (κ3) is 16.4. The molecule has 0 saturated heterocycles.